The largest absolute Gasteiger partial charge is 0.494 e. The molecule has 0 saturated heterocycles. The zero-order valence-electron chi connectivity index (χ0n) is 18.6. The zero-order valence-corrected chi connectivity index (χ0v) is 18.6. The van der Waals surface area contributed by atoms with Gasteiger partial charge in [0.25, 0.3) is 5.91 Å². The summed E-state index contributed by atoms with van der Waals surface area (Å²) < 4.78 is 5.92. The summed E-state index contributed by atoms with van der Waals surface area (Å²) in [6, 6.07) is 15.1. The monoisotopic (exact) mass is 408 g/mol. The zero-order chi connectivity index (χ0) is 21.4. The van der Waals surface area contributed by atoms with Gasteiger partial charge in [-0.25, -0.2) is 0 Å². The summed E-state index contributed by atoms with van der Waals surface area (Å²) in [5.74, 6) is 0.100. The highest BCUT2D eigenvalue weighted by molar-refractivity contribution is 5.99. The fraction of sp³-hybridized carbons (Fsp3) is 0.519. The van der Waals surface area contributed by atoms with Crippen LogP contribution >= 0.6 is 0 Å². The SMILES string of the molecule is CCCCCCCCCCCCCCOc1ccc(C([NH])=O)c(-c2ccccc2)c1. The van der Waals surface area contributed by atoms with Gasteiger partial charge >= 0.3 is 0 Å². The fourth-order valence-electron chi connectivity index (χ4n) is 3.80. The van der Waals surface area contributed by atoms with Gasteiger partial charge in [-0.2, -0.15) is 0 Å². The van der Waals surface area contributed by atoms with Crippen LogP contribution in [0.3, 0.4) is 0 Å². The van der Waals surface area contributed by atoms with Gasteiger partial charge in [0.15, 0.2) is 0 Å². The molecule has 0 aromatic heterocycles. The van der Waals surface area contributed by atoms with Crippen LogP contribution in [0.25, 0.3) is 11.1 Å². The van der Waals surface area contributed by atoms with Gasteiger partial charge in [0, 0.05) is 5.56 Å². The number of ether oxygens (including phenoxy) is 1. The van der Waals surface area contributed by atoms with E-state index in [9.17, 15) is 4.79 Å². The van der Waals surface area contributed by atoms with Crippen molar-refractivity contribution >= 4 is 5.91 Å². The molecule has 30 heavy (non-hydrogen) atoms. The summed E-state index contributed by atoms with van der Waals surface area (Å²) in [7, 11) is 0. The molecule has 0 aliphatic carbocycles. The lowest BCUT2D eigenvalue weighted by atomic mass is 9.99. The van der Waals surface area contributed by atoms with Crippen molar-refractivity contribution in [3.63, 3.8) is 0 Å². The standard InChI is InChI=1S/C27H38NO2/c1-2-3-4-5-6-7-8-9-10-11-12-16-21-30-24-19-20-25(27(28)29)26(22-24)23-17-14-13-15-18-23/h13-15,17-20,22,28H,2-12,16,21H2,1H3. The molecule has 2 rings (SSSR count). The van der Waals surface area contributed by atoms with Crippen molar-refractivity contribution in [2.75, 3.05) is 6.61 Å². The Kier molecular flexibility index (Phi) is 11.7. The first-order chi connectivity index (χ1) is 14.7. The Bertz CT molecular complexity index is 727. The van der Waals surface area contributed by atoms with Crippen LogP contribution in [0.5, 0.6) is 5.75 Å². The van der Waals surface area contributed by atoms with Gasteiger partial charge in [0.1, 0.15) is 5.75 Å². The minimum atomic E-state index is -0.665. The molecule has 1 amide bonds. The summed E-state index contributed by atoms with van der Waals surface area (Å²) in [5, 5.41) is 0. The van der Waals surface area contributed by atoms with E-state index >= 15 is 0 Å². The number of hydrogen-bond acceptors (Lipinski definition) is 2. The number of unbranched alkanes of at least 4 members (excludes halogenated alkanes) is 11. The highest BCUT2D eigenvalue weighted by Crippen LogP contribution is 2.28. The molecule has 0 aliphatic rings. The summed E-state index contributed by atoms with van der Waals surface area (Å²) in [6.07, 6.45) is 15.9. The van der Waals surface area contributed by atoms with Gasteiger partial charge in [0.05, 0.1) is 6.61 Å². The van der Waals surface area contributed by atoms with Crippen LogP contribution in [-0.4, -0.2) is 12.5 Å². The van der Waals surface area contributed by atoms with Gasteiger partial charge in [-0.15, -0.1) is 0 Å². The number of benzene rings is 2. The van der Waals surface area contributed by atoms with Crippen molar-refractivity contribution in [3.8, 4) is 16.9 Å². The van der Waals surface area contributed by atoms with Gasteiger partial charge in [-0.3, -0.25) is 10.5 Å². The maximum absolute atomic E-state index is 11.7. The van der Waals surface area contributed by atoms with Crippen molar-refractivity contribution in [2.24, 2.45) is 0 Å². The molecule has 0 spiro atoms. The highest BCUT2D eigenvalue weighted by Gasteiger charge is 2.12. The van der Waals surface area contributed by atoms with E-state index in [1.807, 2.05) is 36.4 Å². The van der Waals surface area contributed by atoms with Gasteiger partial charge in [-0.05, 0) is 35.7 Å². The first-order valence-corrected chi connectivity index (χ1v) is 11.8. The number of carbonyl (C=O) groups excluding carboxylic acids is 1. The molecular formula is C27H38NO2. The van der Waals surface area contributed by atoms with Crippen molar-refractivity contribution < 1.29 is 9.53 Å². The number of amides is 1. The van der Waals surface area contributed by atoms with Crippen LogP contribution in [0.1, 0.15) is 94.3 Å². The molecule has 3 nitrogen and oxygen atoms in total. The number of hydrogen-bond donors (Lipinski definition) is 0. The van der Waals surface area contributed by atoms with Gasteiger partial charge < -0.3 is 4.74 Å². The first kappa shape index (κ1) is 24.0. The summed E-state index contributed by atoms with van der Waals surface area (Å²) in [5.41, 5.74) is 9.63. The van der Waals surface area contributed by atoms with E-state index in [2.05, 4.69) is 6.92 Å². The minimum Gasteiger partial charge on any atom is -0.494 e. The minimum absolute atomic E-state index is 0.416. The third kappa shape index (κ3) is 9.02. The molecule has 2 aromatic rings. The molecule has 163 valence electrons. The predicted octanol–water partition coefficient (Wildman–Crippen LogP) is 7.86. The van der Waals surface area contributed by atoms with Gasteiger partial charge in [-0.1, -0.05) is 108 Å². The summed E-state index contributed by atoms with van der Waals surface area (Å²) in [6.45, 7) is 2.96. The number of nitrogens with one attached hydrogen (secondary N) is 1. The Balaban J connectivity index is 1.63. The Labute approximate surface area is 183 Å². The lowest BCUT2D eigenvalue weighted by Crippen LogP contribution is -2.03. The molecule has 0 saturated carbocycles. The lowest BCUT2D eigenvalue weighted by molar-refractivity contribution is 0.0992. The second-order valence-electron chi connectivity index (χ2n) is 8.14. The molecule has 1 radical (unpaired) electrons. The fourth-order valence-corrected chi connectivity index (χ4v) is 3.80. The second-order valence-corrected chi connectivity index (χ2v) is 8.14. The lowest BCUT2D eigenvalue weighted by Gasteiger charge is -2.11. The summed E-state index contributed by atoms with van der Waals surface area (Å²) >= 11 is 0. The average molecular weight is 409 g/mol. The van der Waals surface area contributed by atoms with Crippen LogP contribution < -0.4 is 10.5 Å². The third-order valence-electron chi connectivity index (χ3n) is 5.59. The number of carbonyl (C=O) groups is 1. The molecule has 0 fully saturated rings. The van der Waals surface area contributed by atoms with E-state index in [-0.39, 0.29) is 0 Å². The summed E-state index contributed by atoms with van der Waals surface area (Å²) in [4.78, 5) is 11.7. The average Bonchev–Trinajstić information content (AvgIpc) is 2.77. The molecule has 0 aliphatic heterocycles. The predicted molar refractivity (Wildman–Crippen MR) is 126 cm³/mol. The molecule has 0 bridgehead atoms. The molecule has 0 unspecified atom stereocenters. The van der Waals surface area contributed by atoms with Crippen LogP contribution in [0.15, 0.2) is 48.5 Å². The molecule has 2 aromatic carbocycles. The molecule has 0 atom stereocenters. The molecule has 3 heteroatoms. The smallest absolute Gasteiger partial charge is 0.270 e. The Hall–Kier alpha value is -2.29. The Morgan fingerprint density at radius 2 is 1.33 bits per heavy atom. The topological polar surface area (TPSA) is 50.1 Å². The quantitative estimate of drug-likeness (QED) is 0.265. The van der Waals surface area contributed by atoms with E-state index in [4.69, 9.17) is 10.5 Å². The van der Waals surface area contributed by atoms with Crippen LogP contribution in [0.2, 0.25) is 0 Å². The van der Waals surface area contributed by atoms with Crippen LogP contribution in [-0.2, 0) is 0 Å². The third-order valence-corrected chi connectivity index (χ3v) is 5.59. The van der Waals surface area contributed by atoms with Crippen molar-refractivity contribution in [1.82, 2.24) is 5.73 Å². The maximum atomic E-state index is 11.7. The normalized spacial score (nSPS) is 10.8. The van der Waals surface area contributed by atoms with E-state index in [1.54, 1.807) is 12.1 Å². The van der Waals surface area contributed by atoms with E-state index in [0.717, 1.165) is 23.3 Å². The van der Waals surface area contributed by atoms with E-state index in [0.29, 0.717) is 12.2 Å². The van der Waals surface area contributed by atoms with Crippen LogP contribution in [0.4, 0.5) is 0 Å². The maximum Gasteiger partial charge on any atom is 0.270 e. The number of rotatable bonds is 16. The highest BCUT2D eigenvalue weighted by atomic mass is 16.5. The Morgan fingerprint density at radius 3 is 1.90 bits per heavy atom. The molecular weight excluding hydrogens is 370 g/mol. The van der Waals surface area contributed by atoms with Crippen molar-refractivity contribution in [3.05, 3.63) is 54.1 Å². The van der Waals surface area contributed by atoms with Crippen molar-refractivity contribution in [2.45, 2.75) is 84.0 Å². The van der Waals surface area contributed by atoms with E-state index < -0.39 is 5.91 Å². The Morgan fingerprint density at radius 1 is 0.767 bits per heavy atom. The van der Waals surface area contributed by atoms with E-state index in [1.165, 1.54) is 70.6 Å². The first-order valence-electron chi connectivity index (χ1n) is 11.8. The van der Waals surface area contributed by atoms with Crippen molar-refractivity contribution in [1.29, 1.82) is 0 Å². The molecule has 1 N–H and O–H groups in total. The molecule has 0 heterocycles. The van der Waals surface area contributed by atoms with Crippen LogP contribution in [0, 0.1) is 0 Å². The van der Waals surface area contributed by atoms with Gasteiger partial charge in [0.2, 0.25) is 0 Å². The second kappa shape index (κ2) is 14.7.